The molecule has 2 aromatic carbocycles. The van der Waals surface area contributed by atoms with Gasteiger partial charge in [0.05, 0.1) is 12.7 Å². The van der Waals surface area contributed by atoms with Crippen molar-refractivity contribution in [1.29, 1.82) is 0 Å². The molecule has 0 spiro atoms. The first-order chi connectivity index (χ1) is 12.7. The minimum Gasteiger partial charge on any atom is -0.496 e. The second-order valence-corrected chi connectivity index (χ2v) is 5.98. The van der Waals surface area contributed by atoms with Crippen LogP contribution >= 0.6 is 0 Å². The highest BCUT2D eigenvalue weighted by Gasteiger charge is 2.13. The highest BCUT2D eigenvalue weighted by molar-refractivity contribution is 5.76. The summed E-state index contributed by atoms with van der Waals surface area (Å²) < 4.78 is 10.6. The number of rotatable bonds is 7. The smallest absolute Gasteiger partial charge is 0.227 e. The molecule has 1 amide bonds. The quantitative estimate of drug-likeness (QED) is 0.707. The highest BCUT2D eigenvalue weighted by atomic mass is 16.5. The summed E-state index contributed by atoms with van der Waals surface area (Å²) in [5, 5.41) is 6.88. The Balaban J connectivity index is 1.54. The van der Waals surface area contributed by atoms with Gasteiger partial charge in [0, 0.05) is 19.4 Å². The average molecular weight is 351 g/mol. The van der Waals surface area contributed by atoms with Gasteiger partial charge in [-0.25, -0.2) is 0 Å². The normalized spacial score (nSPS) is 10.5. The van der Waals surface area contributed by atoms with Crippen molar-refractivity contribution < 1.29 is 14.1 Å². The van der Waals surface area contributed by atoms with Crippen LogP contribution in [0.15, 0.2) is 53.1 Å². The second kappa shape index (κ2) is 8.29. The van der Waals surface area contributed by atoms with Gasteiger partial charge < -0.3 is 14.6 Å². The summed E-state index contributed by atoms with van der Waals surface area (Å²) in [6, 6.07) is 15.5. The molecule has 0 aliphatic heterocycles. The molecule has 0 saturated heterocycles. The predicted octanol–water partition coefficient (Wildman–Crippen LogP) is 3.30. The molecule has 1 N–H and O–H groups in total. The summed E-state index contributed by atoms with van der Waals surface area (Å²) in [5.41, 5.74) is 3.01. The van der Waals surface area contributed by atoms with Crippen LogP contribution in [0.5, 0.6) is 5.75 Å². The molecule has 0 radical (unpaired) electrons. The number of amides is 1. The Morgan fingerprint density at radius 2 is 2.04 bits per heavy atom. The first kappa shape index (κ1) is 17.7. The van der Waals surface area contributed by atoms with Gasteiger partial charge in [-0.15, -0.1) is 0 Å². The van der Waals surface area contributed by atoms with Gasteiger partial charge >= 0.3 is 0 Å². The van der Waals surface area contributed by atoms with E-state index in [4.69, 9.17) is 9.26 Å². The number of nitrogens with one attached hydrogen (secondary N) is 1. The van der Waals surface area contributed by atoms with Crippen molar-refractivity contribution in [3.63, 3.8) is 0 Å². The number of hydrogen-bond acceptors (Lipinski definition) is 5. The van der Waals surface area contributed by atoms with Gasteiger partial charge in [0.15, 0.2) is 0 Å². The topological polar surface area (TPSA) is 77.2 Å². The Morgan fingerprint density at radius 1 is 1.19 bits per heavy atom. The largest absolute Gasteiger partial charge is 0.496 e. The number of nitrogens with zero attached hydrogens (tertiary/aromatic N) is 2. The van der Waals surface area contributed by atoms with Crippen LogP contribution in [0.2, 0.25) is 0 Å². The zero-order valence-electron chi connectivity index (χ0n) is 14.9. The van der Waals surface area contributed by atoms with Gasteiger partial charge in [0.2, 0.25) is 17.6 Å². The van der Waals surface area contributed by atoms with Crippen LogP contribution in [0.3, 0.4) is 0 Å². The van der Waals surface area contributed by atoms with Crippen LogP contribution in [-0.2, 0) is 17.8 Å². The molecular formula is C20H21N3O3. The molecule has 3 rings (SSSR count). The van der Waals surface area contributed by atoms with Crippen LogP contribution in [-0.4, -0.2) is 23.2 Å². The molecule has 1 heterocycles. The fraction of sp³-hybridized carbons (Fsp3) is 0.250. The van der Waals surface area contributed by atoms with Gasteiger partial charge in [0.1, 0.15) is 5.75 Å². The molecule has 0 atom stereocenters. The maximum Gasteiger partial charge on any atom is 0.227 e. The van der Waals surface area contributed by atoms with Crippen LogP contribution in [0.25, 0.3) is 11.4 Å². The summed E-state index contributed by atoms with van der Waals surface area (Å²) in [6.07, 6.45) is 0.682. The van der Waals surface area contributed by atoms with E-state index in [1.54, 1.807) is 7.11 Å². The van der Waals surface area contributed by atoms with Crippen molar-refractivity contribution in [1.82, 2.24) is 15.5 Å². The first-order valence-electron chi connectivity index (χ1n) is 8.44. The number of ether oxygens (including phenoxy) is 1. The van der Waals surface area contributed by atoms with E-state index in [0.717, 1.165) is 11.1 Å². The van der Waals surface area contributed by atoms with E-state index in [9.17, 15) is 4.79 Å². The number of aryl methyl sites for hydroxylation is 2. The molecule has 0 aliphatic rings. The highest BCUT2D eigenvalue weighted by Crippen LogP contribution is 2.27. The van der Waals surface area contributed by atoms with E-state index in [1.165, 1.54) is 5.56 Å². The van der Waals surface area contributed by atoms with Crippen LogP contribution < -0.4 is 10.1 Å². The van der Waals surface area contributed by atoms with Gasteiger partial charge in [-0.1, -0.05) is 47.1 Å². The van der Waals surface area contributed by atoms with Crippen LogP contribution in [0, 0.1) is 6.92 Å². The minimum absolute atomic E-state index is 0.0523. The molecule has 0 saturated carbocycles. The van der Waals surface area contributed by atoms with E-state index in [-0.39, 0.29) is 5.91 Å². The number of hydrogen-bond donors (Lipinski definition) is 1. The van der Waals surface area contributed by atoms with Crippen molar-refractivity contribution in [2.75, 3.05) is 7.11 Å². The fourth-order valence-corrected chi connectivity index (χ4v) is 2.63. The zero-order chi connectivity index (χ0) is 18.4. The predicted molar refractivity (Wildman–Crippen MR) is 97.6 cm³/mol. The molecule has 26 heavy (non-hydrogen) atoms. The molecule has 1 aromatic heterocycles. The number of para-hydroxylation sites is 1. The van der Waals surface area contributed by atoms with Crippen molar-refractivity contribution >= 4 is 5.91 Å². The third-order valence-electron chi connectivity index (χ3n) is 3.95. The van der Waals surface area contributed by atoms with Crippen molar-refractivity contribution in [3.8, 4) is 17.1 Å². The average Bonchev–Trinajstić information content (AvgIpc) is 3.13. The second-order valence-electron chi connectivity index (χ2n) is 5.98. The molecule has 0 unspecified atom stereocenters. The third kappa shape index (κ3) is 4.47. The molecular weight excluding hydrogens is 330 g/mol. The van der Waals surface area contributed by atoms with E-state index in [2.05, 4.69) is 21.5 Å². The maximum absolute atomic E-state index is 12.0. The molecule has 0 aliphatic carbocycles. The summed E-state index contributed by atoms with van der Waals surface area (Å²) in [6.45, 7) is 2.54. The Labute approximate surface area is 152 Å². The van der Waals surface area contributed by atoms with Gasteiger partial charge in [-0.05, 0) is 24.6 Å². The Hall–Kier alpha value is -3.15. The number of aromatic nitrogens is 2. The number of carbonyl (C=O) groups excluding carboxylic acids is 1. The summed E-state index contributed by atoms with van der Waals surface area (Å²) in [5.74, 6) is 1.51. The molecule has 134 valence electrons. The van der Waals surface area contributed by atoms with E-state index >= 15 is 0 Å². The number of carbonyl (C=O) groups is 1. The molecule has 6 heteroatoms. The molecule has 0 bridgehead atoms. The number of methoxy groups -OCH3 is 1. The van der Waals surface area contributed by atoms with E-state index in [1.807, 2.05) is 49.4 Å². The van der Waals surface area contributed by atoms with Crippen LogP contribution in [0.1, 0.15) is 23.4 Å². The lowest BCUT2D eigenvalue weighted by atomic mass is 10.1. The van der Waals surface area contributed by atoms with Gasteiger partial charge in [0.25, 0.3) is 0 Å². The summed E-state index contributed by atoms with van der Waals surface area (Å²) >= 11 is 0. The fourth-order valence-electron chi connectivity index (χ4n) is 2.63. The standard InChI is InChI=1S/C20H21N3O3/c1-14-6-5-7-15(12-14)13-21-18(24)10-11-19-22-20(23-26-19)16-8-3-4-9-17(16)25-2/h3-9,12H,10-11,13H2,1-2H3,(H,21,24). The maximum atomic E-state index is 12.0. The first-order valence-corrected chi connectivity index (χ1v) is 8.44. The lowest BCUT2D eigenvalue weighted by Crippen LogP contribution is -2.23. The Kier molecular flexibility index (Phi) is 5.63. The zero-order valence-corrected chi connectivity index (χ0v) is 14.9. The third-order valence-corrected chi connectivity index (χ3v) is 3.95. The Morgan fingerprint density at radius 3 is 2.85 bits per heavy atom. The van der Waals surface area contributed by atoms with Crippen molar-refractivity contribution in [2.45, 2.75) is 26.3 Å². The summed E-state index contributed by atoms with van der Waals surface area (Å²) in [4.78, 5) is 16.4. The minimum atomic E-state index is -0.0523. The molecule has 3 aromatic rings. The number of benzene rings is 2. The van der Waals surface area contributed by atoms with E-state index < -0.39 is 0 Å². The lowest BCUT2D eigenvalue weighted by Gasteiger charge is -2.05. The SMILES string of the molecule is COc1ccccc1-c1noc(CCC(=O)NCc2cccc(C)c2)n1. The Bertz CT molecular complexity index is 889. The van der Waals surface area contributed by atoms with Gasteiger partial charge in [-0.2, -0.15) is 4.98 Å². The van der Waals surface area contributed by atoms with Crippen molar-refractivity contribution in [2.24, 2.45) is 0 Å². The van der Waals surface area contributed by atoms with E-state index in [0.29, 0.717) is 36.9 Å². The lowest BCUT2D eigenvalue weighted by molar-refractivity contribution is -0.121. The summed E-state index contributed by atoms with van der Waals surface area (Å²) in [7, 11) is 1.60. The molecule has 6 nitrogen and oxygen atoms in total. The van der Waals surface area contributed by atoms with Crippen LogP contribution in [0.4, 0.5) is 0 Å². The van der Waals surface area contributed by atoms with Gasteiger partial charge in [-0.3, -0.25) is 4.79 Å². The van der Waals surface area contributed by atoms with Crippen molar-refractivity contribution in [3.05, 3.63) is 65.5 Å². The monoisotopic (exact) mass is 351 g/mol. The molecule has 0 fully saturated rings.